The van der Waals surface area contributed by atoms with Crippen LogP contribution in [0.2, 0.25) is 0 Å². The van der Waals surface area contributed by atoms with Gasteiger partial charge in [-0.3, -0.25) is 0 Å². The third-order valence-electron chi connectivity index (χ3n) is 5.70. The van der Waals surface area contributed by atoms with Gasteiger partial charge in [0.1, 0.15) is 5.75 Å². The van der Waals surface area contributed by atoms with Crippen molar-refractivity contribution in [3.05, 3.63) is 34.9 Å². The number of aliphatic hydroxyl groups is 1. The van der Waals surface area contributed by atoms with Crippen molar-refractivity contribution in [2.75, 3.05) is 11.4 Å². The van der Waals surface area contributed by atoms with Crippen LogP contribution in [0.5, 0.6) is 5.75 Å². The second-order valence-electron chi connectivity index (χ2n) is 7.68. The van der Waals surface area contributed by atoms with Crippen LogP contribution in [0.3, 0.4) is 0 Å². The Labute approximate surface area is 160 Å². The molecule has 2 N–H and O–H groups in total. The van der Waals surface area contributed by atoms with E-state index in [1.54, 1.807) is 6.07 Å². The molecule has 4 rings (SSSR count). The summed E-state index contributed by atoms with van der Waals surface area (Å²) in [7, 11) is 0. The standard InChI is InChI=1S/C20H22F3N3O2/c1-11-7-13(20(21,22)23)9-17(28)18(11)16-8-12-5-6-26(19(12)25-24-16)14-3-2-4-15(27)10-14/h7-9,14-15,27-28H,2-6,10H2,1H3/t14-,15-/m1/s1. The molecule has 8 heteroatoms. The number of hydrogen-bond donors (Lipinski definition) is 2. The molecule has 0 unspecified atom stereocenters. The van der Waals surface area contributed by atoms with Gasteiger partial charge in [0, 0.05) is 23.7 Å². The van der Waals surface area contributed by atoms with E-state index in [1.807, 2.05) is 0 Å². The molecule has 5 nitrogen and oxygen atoms in total. The summed E-state index contributed by atoms with van der Waals surface area (Å²) in [5, 5.41) is 28.7. The van der Waals surface area contributed by atoms with Gasteiger partial charge in [0.05, 0.1) is 17.4 Å². The summed E-state index contributed by atoms with van der Waals surface area (Å²) in [6.45, 7) is 2.30. The van der Waals surface area contributed by atoms with Crippen LogP contribution in [0.4, 0.5) is 19.0 Å². The SMILES string of the molecule is Cc1cc(C(F)(F)F)cc(O)c1-c1cc2c(nn1)N([C@@H]1CCC[C@@H](O)C1)CC2. The van der Waals surface area contributed by atoms with E-state index in [0.29, 0.717) is 17.7 Å². The fourth-order valence-corrected chi connectivity index (χ4v) is 4.36. The van der Waals surface area contributed by atoms with Crippen LogP contribution in [0, 0.1) is 6.92 Å². The number of halogens is 3. The van der Waals surface area contributed by atoms with Crippen molar-refractivity contribution >= 4 is 5.82 Å². The Morgan fingerprint density at radius 2 is 1.93 bits per heavy atom. The Kier molecular flexibility index (Phi) is 4.69. The number of fused-ring (bicyclic) bond motifs is 1. The molecule has 1 aromatic heterocycles. The van der Waals surface area contributed by atoms with Gasteiger partial charge in [-0.1, -0.05) is 0 Å². The quantitative estimate of drug-likeness (QED) is 0.811. The zero-order valence-corrected chi connectivity index (χ0v) is 15.5. The highest BCUT2D eigenvalue weighted by molar-refractivity contribution is 5.73. The highest BCUT2D eigenvalue weighted by atomic mass is 19.4. The fraction of sp³-hybridized carbons (Fsp3) is 0.500. The number of benzene rings is 1. The summed E-state index contributed by atoms with van der Waals surface area (Å²) in [5.41, 5.74) is 1.01. The summed E-state index contributed by atoms with van der Waals surface area (Å²) >= 11 is 0. The minimum absolute atomic E-state index is 0.228. The molecular weight excluding hydrogens is 371 g/mol. The lowest BCUT2D eigenvalue weighted by Gasteiger charge is -2.34. The average Bonchev–Trinajstić information content (AvgIpc) is 3.03. The summed E-state index contributed by atoms with van der Waals surface area (Å²) in [6.07, 6.45) is -0.543. The number of aliphatic hydroxyl groups excluding tert-OH is 1. The topological polar surface area (TPSA) is 69.5 Å². The molecule has 0 saturated heterocycles. The van der Waals surface area contributed by atoms with E-state index in [-0.39, 0.29) is 17.7 Å². The van der Waals surface area contributed by atoms with Crippen molar-refractivity contribution in [2.45, 2.75) is 57.3 Å². The second kappa shape index (κ2) is 6.92. The molecule has 0 bridgehead atoms. The van der Waals surface area contributed by atoms with E-state index in [1.165, 1.54) is 6.92 Å². The van der Waals surface area contributed by atoms with Crippen LogP contribution >= 0.6 is 0 Å². The molecule has 2 atom stereocenters. The largest absolute Gasteiger partial charge is 0.507 e. The van der Waals surface area contributed by atoms with Gasteiger partial charge in [-0.25, -0.2) is 0 Å². The van der Waals surface area contributed by atoms with Crippen molar-refractivity contribution in [3.63, 3.8) is 0 Å². The maximum absolute atomic E-state index is 12.9. The van der Waals surface area contributed by atoms with Gasteiger partial charge in [0.2, 0.25) is 0 Å². The molecule has 28 heavy (non-hydrogen) atoms. The second-order valence-corrected chi connectivity index (χ2v) is 7.68. The molecule has 150 valence electrons. The molecule has 0 amide bonds. The summed E-state index contributed by atoms with van der Waals surface area (Å²) in [6, 6.07) is 3.77. The van der Waals surface area contributed by atoms with Crippen molar-refractivity contribution in [2.24, 2.45) is 0 Å². The summed E-state index contributed by atoms with van der Waals surface area (Å²) in [5.74, 6) is 0.318. The highest BCUT2D eigenvalue weighted by Crippen LogP contribution is 2.40. The average molecular weight is 393 g/mol. The van der Waals surface area contributed by atoms with Crippen molar-refractivity contribution in [3.8, 4) is 17.0 Å². The van der Waals surface area contributed by atoms with Gasteiger partial charge in [0.15, 0.2) is 5.82 Å². The minimum atomic E-state index is -4.52. The fourth-order valence-electron chi connectivity index (χ4n) is 4.36. The van der Waals surface area contributed by atoms with E-state index in [9.17, 15) is 23.4 Å². The minimum Gasteiger partial charge on any atom is -0.507 e. The van der Waals surface area contributed by atoms with E-state index in [0.717, 1.165) is 55.7 Å². The number of phenolic OH excluding ortho intramolecular Hbond substituents is 1. The predicted octanol–water partition coefficient (Wildman–Crippen LogP) is 3.84. The Morgan fingerprint density at radius 3 is 2.61 bits per heavy atom. The van der Waals surface area contributed by atoms with Crippen LogP contribution < -0.4 is 4.90 Å². The maximum Gasteiger partial charge on any atom is 0.416 e. The Bertz CT molecular complexity index is 878. The molecule has 0 radical (unpaired) electrons. The zero-order chi connectivity index (χ0) is 20.1. The number of nitrogens with zero attached hydrogens (tertiary/aromatic N) is 3. The van der Waals surface area contributed by atoms with Gasteiger partial charge in [-0.15, -0.1) is 10.2 Å². The van der Waals surface area contributed by atoms with Gasteiger partial charge in [0.25, 0.3) is 0 Å². The van der Waals surface area contributed by atoms with Gasteiger partial charge >= 0.3 is 6.18 Å². The molecule has 1 fully saturated rings. The number of hydrogen-bond acceptors (Lipinski definition) is 5. The summed E-state index contributed by atoms with van der Waals surface area (Å²) < 4.78 is 38.8. The zero-order valence-electron chi connectivity index (χ0n) is 15.5. The summed E-state index contributed by atoms with van der Waals surface area (Å²) in [4.78, 5) is 2.17. The van der Waals surface area contributed by atoms with Crippen LogP contribution in [-0.2, 0) is 12.6 Å². The lowest BCUT2D eigenvalue weighted by Crippen LogP contribution is -2.39. The van der Waals surface area contributed by atoms with Crippen molar-refractivity contribution in [1.29, 1.82) is 0 Å². The van der Waals surface area contributed by atoms with Crippen LogP contribution in [0.15, 0.2) is 18.2 Å². The van der Waals surface area contributed by atoms with E-state index < -0.39 is 17.5 Å². The van der Waals surface area contributed by atoms with E-state index in [4.69, 9.17) is 0 Å². The lowest BCUT2D eigenvalue weighted by atomic mass is 9.92. The number of aromatic nitrogens is 2. The molecule has 2 aliphatic rings. The Hall–Kier alpha value is -2.35. The Morgan fingerprint density at radius 1 is 1.14 bits per heavy atom. The highest BCUT2D eigenvalue weighted by Gasteiger charge is 2.34. The van der Waals surface area contributed by atoms with E-state index >= 15 is 0 Å². The van der Waals surface area contributed by atoms with E-state index in [2.05, 4.69) is 15.1 Å². The van der Waals surface area contributed by atoms with Crippen molar-refractivity contribution in [1.82, 2.24) is 10.2 Å². The monoisotopic (exact) mass is 393 g/mol. The molecular formula is C20H22F3N3O2. The first-order chi connectivity index (χ1) is 13.2. The van der Waals surface area contributed by atoms with Gasteiger partial charge in [-0.2, -0.15) is 13.2 Å². The molecule has 2 heterocycles. The predicted molar refractivity (Wildman–Crippen MR) is 98.2 cm³/mol. The first kappa shape index (κ1) is 19.0. The molecule has 1 aliphatic heterocycles. The lowest BCUT2D eigenvalue weighted by molar-refractivity contribution is -0.137. The molecule has 1 aliphatic carbocycles. The Balaban J connectivity index is 1.66. The molecule has 1 aromatic carbocycles. The normalized spacial score (nSPS) is 22.4. The smallest absolute Gasteiger partial charge is 0.416 e. The first-order valence-electron chi connectivity index (χ1n) is 9.46. The van der Waals surface area contributed by atoms with Crippen molar-refractivity contribution < 1.29 is 23.4 Å². The number of rotatable bonds is 2. The number of aryl methyl sites for hydroxylation is 1. The maximum atomic E-state index is 12.9. The third-order valence-corrected chi connectivity index (χ3v) is 5.70. The number of alkyl halides is 3. The third kappa shape index (κ3) is 3.41. The van der Waals surface area contributed by atoms with Gasteiger partial charge in [-0.05, 0) is 62.8 Å². The molecule has 0 spiro atoms. The van der Waals surface area contributed by atoms with Gasteiger partial charge < -0.3 is 15.1 Å². The number of anilines is 1. The van der Waals surface area contributed by atoms with Crippen LogP contribution in [-0.4, -0.2) is 39.1 Å². The van der Waals surface area contributed by atoms with Crippen LogP contribution in [0.25, 0.3) is 11.3 Å². The molecule has 2 aromatic rings. The van der Waals surface area contributed by atoms with Crippen LogP contribution in [0.1, 0.15) is 42.4 Å². The number of aromatic hydroxyl groups is 1. The molecule has 1 saturated carbocycles. The number of phenols is 1. The first-order valence-corrected chi connectivity index (χ1v) is 9.46.